The van der Waals surface area contributed by atoms with E-state index in [1.54, 1.807) is 48.5 Å². The van der Waals surface area contributed by atoms with Crippen LogP contribution in [0.3, 0.4) is 0 Å². The Morgan fingerprint density at radius 1 is 1.11 bits per heavy atom. The van der Waals surface area contributed by atoms with Crippen LogP contribution in [-0.4, -0.2) is 29.2 Å². The Labute approximate surface area is 153 Å². The van der Waals surface area contributed by atoms with Crippen LogP contribution in [0.4, 0.5) is 0 Å². The molecule has 0 aliphatic heterocycles. The van der Waals surface area contributed by atoms with Gasteiger partial charge in [-0.05, 0) is 35.9 Å². The van der Waals surface area contributed by atoms with Crippen LogP contribution in [0.5, 0.6) is 5.75 Å². The van der Waals surface area contributed by atoms with E-state index < -0.39 is 23.0 Å². The molecule has 27 heavy (non-hydrogen) atoms. The standard InChI is InChI=1S/C20H15NO6/c1-26-15-9-6-13(7-10-15)8-11-18(22)21(25)19(23)16-12-14-4-2-3-5-17(14)27-20(16)24/h2-12,25H,1H3/b11-8-. The predicted octanol–water partition coefficient (Wildman–Crippen LogP) is 2.87. The molecule has 0 bridgehead atoms. The van der Waals surface area contributed by atoms with Gasteiger partial charge in [0.25, 0.3) is 11.8 Å². The van der Waals surface area contributed by atoms with Gasteiger partial charge < -0.3 is 9.15 Å². The number of nitrogens with zero attached hydrogens (tertiary/aromatic N) is 1. The largest absolute Gasteiger partial charge is 0.497 e. The van der Waals surface area contributed by atoms with E-state index in [0.717, 1.165) is 6.08 Å². The molecule has 0 radical (unpaired) electrons. The molecular weight excluding hydrogens is 350 g/mol. The zero-order valence-corrected chi connectivity index (χ0v) is 14.3. The van der Waals surface area contributed by atoms with Crippen molar-refractivity contribution in [3.8, 4) is 5.75 Å². The lowest BCUT2D eigenvalue weighted by Gasteiger charge is -2.10. The normalized spacial score (nSPS) is 10.9. The van der Waals surface area contributed by atoms with Gasteiger partial charge in [-0.3, -0.25) is 14.8 Å². The molecule has 0 fully saturated rings. The van der Waals surface area contributed by atoms with Gasteiger partial charge in [0, 0.05) is 11.5 Å². The smallest absolute Gasteiger partial charge is 0.349 e. The van der Waals surface area contributed by atoms with Crippen LogP contribution in [0.15, 0.2) is 69.9 Å². The lowest BCUT2D eigenvalue weighted by Crippen LogP contribution is -2.35. The molecule has 0 aliphatic carbocycles. The van der Waals surface area contributed by atoms with Gasteiger partial charge in [-0.15, -0.1) is 5.06 Å². The van der Waals surface area contributed by atoms with Crippen LogP contribution in [-0.2, 0) is 4.79 Å². The van der Waals surface area contributed by atoms with Crippen molar-refractivity contribution in [3.05, 3.63) is 82.2 Å². The van der Waals surface area contributed by atoms with Gasteiger partial charge in [0.2, 0.25) is 0 Å². The number of benzene rings is 2. The fourth-order valence-electron chi connectivity index (χ4n) is 2.38. The molecule has 136 valence electrons. The topological polar surface area (TPSA) is 97.1 Å². The van der Waals surface area contributed by atoms with Crippen LogP contribution >= 0.6 is 0 Å². The number of hydrogen-bond acceptors (Lipinski definition) is 6. The molecule has 0 unspecified atom stereocenters. The first-order valence-electron chi connectivity index (χ1n) is 7.92. The van der Waals surface area contributed by atoms with Gasteiger partial charge in [0.1, 0.15) is 16.9 Å². The number of carbonyl (C=O) groups is 2. The summed E-state index contributed by atoms with van der Waals surface area (Å²) in [5.41, 5.74) is -0.420. The Hall–Kier alpha value is -3.71. The van der Waals surface area contributed by atoms with Gasteiger partial charge in [0.15, 0.2) is 0 Å². The average molecular weight is 365 g/mol. The summed E-state index contributed by atoms with van der Waals surface area (Å²) in [4.78, 5) is 36.3. The van der Waals surface area contributed by atoms with Crippen molar-refractivity contribution in [2.45, 2.75) is 0 Å². The highest BCUT2D eigenvalue weighted by molar-refractivity contribution is 6.08. The Balaban J connectivity index is 1.79. The van der Waals surface area contributed by atoms with Crippen LogP contribution in [0.1, 0.15) is 15.9 Å². The SMILES string of the molecule is COc1ccc(/C=C\C(=O)N(O)C(=O)c2cc3ccccc3oc2=O)cc1. The molecule has 3 rings (SSSR count). The third-order valence-corrected chi connectivity index (χ3v) is 3.81. The van der Waals surface area contributed by atoms with Crippen molar-refractivity contribution in [3.63, 3.8) is 0 Å². The highest BCUT2D eigenvalue weighted by Crippen LogP contribution is 2.14. The molecule has 0 spiro atoms. The van der Waals surface area contributed by atoms with E-state index in [4.69, 9.17) is 9.15 Å². The van der Waals surface area contributed by atoms with E-state index in [2.05, 4.69) is 0 Å². The fraction of sp³-hybridized carbons (Fsp3) is 0.0500. The van der Waals surface area contributed by atoms with Gasteiger partial charge in [-0.1, -0.05) is 30.3 Å². The maximum Gasteiger partial charge on any atom is 0.349 e. The van der Waals surface area contributed by atoms with Gasteiger partial charge >= 0.3 is 5.63 Å². The highest BCUT2D eigenvalue weighted by atomic mass is 16.5. The summed E-state index contributed by atoms with van der Waals surface area (Å²) < 4.78 is 10.1. The van der Waals surface area contributed by atoms with E-state index in [0.29, 0.717) is 22.3 Å². The average Bonchev–Trinajstić information content (AvgIpc) is 2.70. The molecule has 1 heterocycles. The monoisotopic (exact) mass is 365 g/mol. The van der Waals surface area contributed by atoms with Crippen LogP contribution in [0.2, 0.25) is 0 Å². The number of rotatable bonds is 4. The molecule has 0 saturated carbocycles. The third-order valence-electron chi connectivity index (χ3n) is 3.81. The van der Waals surface area contributed by atoms with Gasteiger partial charge in [-0.25, -0.2) is 4.79 Å². The number of ether oxygens (including phenoxy) is 1. The second-order valence-electron chi connectivity index (χ2n) is 5.55. The summed E-state index contributed by atoms with van der Waals surface area (Å²) in [6.07, 6.45) is 2.43. The molecule has 2 amide bonds. The minimum Gasteiger partial charge on any atom is -0.497 e. The van der Waals surface area contributed by atoms with Crippen molar-refractivity contribution in [1.82, 2.24) is 5.06 Å². The van der Waals surface area contributed by atoms with E-state index in [1.807, 2.05) is 0 Å². The molecule has 0 aliphatic rings. The van der Waals surface area contributed by atoms with Gasteiger partial charge in [-0.2, -0.15) is 0 Å². The molecule has 1 N–H and O–H groups in total. The summed E-state index contributed by atoms with van der Waals surface area (Å²) >= 11 is 0. The zero-order valence-electron chi connectivity index (χ0n) is 14.3. The van der Waals surface area contributed by atoms with Crippen LogP contribution in [0.25, 0.3) is 17.0 Å². The number of fused-ring (bicyclic) bond motifs is 1. The summed E-state index contributed by atoms with van der Waals surface area (Å²) in [7, 11) is 1.53. The molecule has 2 aromatic carbocycles. The number of amides is 2. The summed E-state index contributed by atoms with van der Waals surface area (Å²) in [5, 5.41) is 10.3. The summed E-state index contributed by atoms with van der Waals surface area (Å²) in [5.74, 6) is -1.51. The molecule has 0 atom stereocenters. The molecule has 0 saturated heterocycles. The summed E-state index contributed by atoms with van der Waals surface area (Å²) in [6, 6.07) is 14.7. The van der Waals surface area contributed by atoms with Crippen molar-refractivity contribution in [1.29, 1.82) is 0 Å². The van der Waals surface area contributed by atoms with E-state index >= 15 is 0 Å². The first-order chi connectivity index (χ1) is 13.0. The number of hydroxylamine groups is 2. The Morgan fingerprint density at radius 3 is 2.52 bits per heavy atom. The lowest BCUT2D eigenvalue weighted by atomic mass is 10.1. The third kappa shape index (κ3) is 3.94. The van der Waals surface area contributed by atoms with Gasteiger partial charge in [0.05, 0.1) is 7.11 Å². The molecule has 7 nitrogen and oxygen atoms in total. The molecule has 1 aromatic heterocycles. The minimum atomic E-state index is -1.17. The minimum absolute atomic E-state index is 0.124. The first-order valence-corrected chi connectivity index (χ1v) is 7.92. The lowest BCUT2D eigenvalue weighted by molar-refractivity contribution is -0.147. The van der Waals surface area contributed by atoms with E-state index in [-0.39, 0.29) is 5.06 Å². The number of methoxy groups -OCH3 is 1. The number of hydrogen-bond donors (Lipinski definition) is 1. The molecule has 3 aromatic rings. The molecular formula is C20H15NO6. The number of carbonyl (C=O) groups excluding carboxylic acids is 2. The van der Waals surface area contributed by atoms with Crippen molar-refractivity contribution in [2.24, 2.45) is 0 Å². The van der Waals surface area contributed by atoms with E-state index in [9.17, 15) is 19.6 Å². The zero-order chi connectivity index (χ0) is 19.4. The maximum atomic E-state index is 12.3. The Kier molecular flexibility index (Phi) is 5.14. The maximum absolute atomic E-state index is 12.3. The quantitative estimate of drug-likeness (QED) is 0.330. The van der Waals surface area contributed by atoms with Crippen LogP contribution < -0.4 is 10.4 Å². The highest BCUT2D eigenvalue weighted by Gasteiger charge is 2.23. The predicted molar refractivity (Wildman–Crippen MR) is 97.5 cm³/mol. The molecule has 7 heteroatoms. The van der Waals surface area contributed by atoms with Crippen molar-refractivity contribution >= 4 is 28.9 Å². The van der Waals surface area contributed by atoms with Crippen molar-refractivity contribution < 1.29 is 24.0 Å². The second kappa shape index (κ2) is 7.67. The Morgan fingerprint density at radius 2 is 1.81 bits per heavy atom. The van der Waals surface area contributed by atoms with E-state index in [1.165, 1.54) is 19.3 Å². The first kappa shape index (κ1) is 18.1. The number of para-hydroxylation sites is 1. The van der Waals surface area contributed by atoms with Crippen LogP contribution in [0, 0.1) is 0 Å². The Bertz CT molecular complexity index is 1080. The number of imide groups is 1. The summed E-state index contributed by atoms with van der Waals surface area (Å²) in [6.45, 7) is 0. The second-order valence-corrected chi connectivity index (χ2v) is 5.55. The fourth-order valence-corrected chi connectivity index (χ4v) is 2.38. The van der Waals surface area contributed by atoms with Crippen molar-refractivity contribution in [2.75, 3.05) is 7.11 Å².